The Morgan fingerprint density at radius 1 is 1.15 bits per heavy atom. The molecule has 0 aromatic carbocycles. The van der Waals surface area contributed by atoms with Crippen LogP contribution in [0.5, 0.6) is 0 Å². The highest BCUT2D eigenvalue weighted by Crippen LogP contribution is 2.15. The van der Waals surface area contributed by atoms with Crippen molar-refractivity contribution in [2.75, 3.05) is 59.9 Å². The van der Waals surface area contributed by atoms with Crippen LogP contribution in [0, 0.1) is 0 Å². The van der Waals surface area contributed by atoms with Crippen LogP contribution in [-0.4, -0.2) is 96.5 Å². The van der Waals surface area contributed by atoms with Gasteiger partial charge < -0.3 is 20.0 Å². The Morgan fingerprint density at radius 2 is 1.70 bits per heavy atom. The summed E-state index contributed by atoms with van der Waals surface area (Å²) in [7, 11) is 4.11. The first-order valence-corrected chi connectivity index (χ1v) is 7.88. The molecule has 0 spiro atoms. The molecule has 1 heterocycles. The Morgan fingerprint density at radius 3 is 2.20 bits per heavy atom. The van der Waals surface area contributed by atoms with Gasteiger partial charge in [-0.05, 0) is 26.9 Å². The number of rotatable bonds is 8. The van der Waals surface area contributed by atoms with Gasteiger partial charge in [0.25, 0.3) is 0 Å². The van der Waals surface area contributed by atoms with Gasteiger partial charge in [0.1, 0.15) is 0 Å². The van der Waals surface area contributed by atoms with E-state index < -0.39 is 5.60 Å². The quantitative estimate of drug-likeness (QED) is 0.662. The molecule has 0 aromatic heterocycles. The molecule has 0 bridgehead atoms. The van der Waals surface area contributed by atoms with Gasteiger partial charge in [-0.15, -0.1) is 0 Å². The van der Waals surface area contributed by atoms with E-state index in [1.165, 1.54) is 0 Å². The molecule has 1 fully saturated rings. The number of piperazine rings is 1. The largest absolute Gasteiger partial charge is 0.390 e. The van der Waals surface area contributed by atoms with E-state index in [1.807, 2.05) is 25.8 Å². The summed E-state index contributed by atoms with van der Waals surface area (Å²) in [4.78, 5) is 6.69. The fraction of sp³-hybridized carbons (Fsp3) is 1.00. The van der Waals surface area contributed by atoms with Crippen LogP contribution in [0.25, 0.3) is 0 Å². The van der Waals surface area contributed by atoms with Gasteiger partial charge in [0.15, 0.2) is 0 Å². The van der Waals surface area contributed by atoms with Crippen molar-refractivity contribution in [1.82, 2.24) is 14.7 Å². The number of aliphatic hydroxyl groups is 2. The van der Waals surface area contributed by atoms with Crippen LogP contribution in [0.2, 0.25) is 0 Å². The third-order valence-corrected chi connectivity index (χ3v) is 4.47. The van der Waals surface area contributed by atoms with Crippen LogP contribution in [0.4, 0.5) is 0 Å². The van der Waals surface area contributed by atoms with E-state index in [0.29, 0.717) is 13.1 Å². The van der Waals surface area contributed by atoms with Gasteiger partial charge in [-0.3, -0.25) is 4.90 Å². The fourth-order valence-corrected chi connectivity index (χ4v) is 2.79. The van der Waals surface area contributed by atoms with Crippen LogP contribution >= 0.6 is 0 Å². The van der Waals surface area contributed by atoms with Crippen molar-refractivity contribution in [3.05, 3.63) is 0 Å². The van der Waals surface area contributed by atoms with Gasteiger partial charge in [-0.25, -0.2) is 0 Å². The molecular weight excluding hydrogens is 254 g/mol. The zero-order valence-electron chi connectivity index (χ0n) is 13.7. The van der Waals surface area contributed by atoms with Crippen molar-refractivity contribution in [1.29, 1.82) is 0 Å². The average Bonchev–Trinajstić information content (AvgIpc) is 2.41. The second-order valence-electron chi connectivity index (χ2n) is 6.39. The first kappa shape index (κ1) is 17.9. The predicted molar refractivity (Wildman–Crippen MR) is 83.0 cm³/mol. The summed E-state index contributed by atoms with van der Waals surface area (Å²) >= 11 is 0. The van der Waals surface area contributed by atoms with Crippen LogP contribution in [0.15, 0.2) is 0 Å². The molecule has 0 saturated carbocycles. The first-order chi connectivity index (χ1) is 9.38. The molecule has 1 unspecified atom stereocenters. The van der Waals surface area contributed by atoms with Crippen LogP contribution in [0.1, 0.15) is 26.7 Å². The van der Waals surface area contributed by atoms with E-state index in [9.17, 15) is 10.2 Å². The summed E-state index contributed by atoms with van der Waals surface area (Å²) in [5.41, 5.74) is -0.623. The number of β-amino-alcohol motifs (C(OH)–C–C–N with tert-alkyl or cyclic N) is 1. The minimum absolute atomic E-state index is 0.346. The van der Waals surface area contributed by atoms with Gasteiger partial charge in [0, 0.05) is 45.8 Å². The van der Waals surface area contributed by atoms with E-state index in [-0.39, 0.29) is 6.10 Å². The highest BCUT2D eigenvalue weighted by atomic mass is 16.3. The smallest absolute Gasteiger partial charge is 0.0793 e. The van der Waals surface area contributed by atoms with Crippen molar-refractivity contribution < 1.29 is 10.2 Å². The van der Waals surface area contributed by atoms with E-state index in [4.69, 9.17) is 0 Å². The molecule has 0 aliphatic carbocycles. The van der Waals surface area contributed by atoms with Gasteiger partial charge in [0.05, 0.1) is 11.7 Å². The second kappa shape index (κ2) is 8.29. The Hall–Kier alpha value is -0.200. The van der Waals surface area contributed by atoms with Crippen molar-refractivity contribution in [3.8, 4) is 0 Å². The number of aliphatic hydroxyl groups excluding tert-OH is 1. The summed E-state index contributed by atoms with van der Waals surface area (Å²) < 4.78 is 0. The minimum Gasteiger partial charge on any atom is -0.390 e. The summed E-state index contributed by atoms with van der Waals surface area (Å²) in [6.45, 7) is 10.2. The van der Waals surface area contributed by atoms with Gasteiger partial charge in [-0.1, -0.05) is 13.8 Å². The lowest BCUT2D eigenvalue weighted by molar-refractivity contribution is -0.0113. The van der Waals surface area contributed by atoms with Crippen molar-refractivity contribution in [2.24, 2.45) is 0 Å². The first-order valence-electron chi connectivity index (χ1n) is 7.88. The molecule has 1 atom stereocenters. The average molecular weight is 287 g/mol. The lowest BCUT2D eigenvalue weighted by atomic mass is 9.97. The molecule has 1 aliphatic heterocycles. The van der Waals surface area contributed by atoms with Crippen LogP contribution in [0.3, 0.4) is 0 Å². The van der Waals surface area contributed by atoms with Crippen molar-refractivity contribution >= 4 is 0 Å². The maximum absolute atomic E-state index is 10.3. The fourth-order valence-electron chi connectivity index (χ4n) is 2.79. The third-order valence-electron chi connectivity index (χ3n) is 4.47. The highest BCUT2D eigenvalue weighted by molar-refractivity contribution is 4.80. The minimum atomic E-state index is -0.623. The standard InChI is InChI=1S/C15H33N3O2/c1-5-15(20,6-2)13-17(4)11-14(19)12-18-9-7-16(3)8-10-18/h14,19-20H,5-13H2,1-4H3. The van der Waals surface area contributed by atoms with Gasteiger partial charge >= 0.3 is 0 Å². The molecule has 2 N–H and O–H groups in total. The lowest BCUT2D eigenvalue weighted by Gasteiger charge is -2.35. The monoisotopic (exact) mass is 287 g/mol. The molecule has 1 saturated heterocycles. The molecule has 20 heavy (non-hydrogen) atoms. The zero-order chi connectivity index (χ0) is 15.2. The molecule has 1 aliphatic rings. The number of hydrogen-bond acceptors (Lipinski definition) is 5. The zero-order valence-corrected chi connectivity index (χ0v) is 13.7. The van der Waals surface area contributed by atoms with Gasteiger partial charge in [-0.2, -0.15) is 0 Å². The topological polar surface area (TPSA) is 50.2 Å². The molecule has 0 radical (unpaired) electrons. The molecule has 5 nitrogen and oxygen atoms in total. The Kier molecular flexibility index (Phi) is 7.40. The maximum Gasteiger partial charge on any atom is 0.0793 e. The summed E-state index contributed by atoms with van der Waals surface area (Å²) in [6.07, 6.45) is 1.16. The summed E-state index contributed by atoms with van der Waals surface area (Å²) in [5.74, 6) is 0. The molecule has 1 rings (SSSR count). The summed E-state index contributed by atoms with van der Waals surface area (Å²) in [5, 5.41) is 20.5. The van der Waals surface area contributed by atoms with E-state index in [1.54, 1.807) is 0 Å². The molecule has 5 heteroatoms. The molecular formula is C15H33N3O2. The Bertz CT molecular complexity index is 264. The molecule has 0 aromatic rings. The Labute approximate surface area is 124 Å². The van der Waals surface area contributed by atoms with E-state index in [0.717, 1.165) is 45.6 Å². The van der Waals surface area contributed by atoms with Gasteiger partial charge in [0.2, 0.25) is 0 Å². The van der Waals surface area contributed by atoms with Crippen molar-refractivity contribution in [2.45, 2.75) is 38.4 Å². The Balaban J connectivity index is 2.29. The second-order valence-corrected chi connectivity index (χ2v) is 6.39. The number of nitrogens with zero attached hydrogens (tertiary/aromatic N) is 3. The number of hydrogen-bond donors (Lipinski definition) is 2. The lowest BCUT2D eigenvalue weighted by Crippen LogP contribution is -2.49. The van der Waals surface area contributed by atoms with Crippen LogP contribution < -0.4 is 0 Å². The molecule has 120 valence electrons. The third kappa shape index (κ3) is 6.06. The SMILES string of the molecule is CCC(O)(CC)CN(C)CC(O)CN1CCN(C)CC1. The highest BCUT2D eigenvalue weighted by Gasteiger charge is 2.25. The van der Waals surface area contributed by atoms with Crippen LogP contribution in [-0.2, 0) is 0 Å². The summed E-state index contributed by atoms with van der Waals surface area (Å²) in [6, 6.07) is 0. The predicted octanol–water partition coefficient (Wildman–Crippen LogP) is 0.0776. The van der Waals surface area contributed by atoms with E-state index in [2.05, 4.69) is 16.8 Å². The van der Waals surface area contributed by atoms with E-state index >= 15 is 0 Å². The molecule has 0 amide bonds. The normalized spacial score (nSPS) is 20.6. The van der Waals surface area contributed by atoms with Crippen molar-refractivity contribution in [3.63, 3.8) is 0 Å². The maximum atomic E-state index is 10.3. The number of likely N-dealkylation sites (N-methyl/N-ethyl adjacent to an activating group) is 2.